The maximum atomic E-state index is 15.2. The van der Waals surface area contributed by atoms with Crippen molar-refractivity contribution in [2.75, 3.05) is 44.3 Å². The number of aliphatic imine (C=N–C) groups is 1. The van der Waals surface area contributed by atoms with Crippen molar-refractivity contribution in [1.82, 2.24) is 14.9 Å². The van der Waals surface area contributed by atoms with Crippen LogP contribution in [0.2, 0.25) is 0 Å². The van der Waals surface area contributed by atoms with E-state index in [1.807, 2.05) is 0 Å². The van der Waals surface area contributed by atoms with Crippen molar-refractivity contribution in [3.8, 4) is 0 Å². The number of anilines is 1. The second-order valence-corrected chi connectivity index (χ2v) is 11.4. The SMILES string of the molecule is C[C@]1(c2cc(C=C(F)c3cnc(N4CCC4)cn3)ccc2F)N=C(N)S[C@@]2(C(=O)N3CCOCC3)C[C@H]21. The monoisotopic (exact) mass is 526 g/mol. The third-order valence-corrected chi connectivity index (χ3v) is 9.06. The van der Waals surface area contributed by atoms with Gasteiger partial charge in [-0.05, 0) is 43.5 Å². The van der Waals surface area contributed by atoms with Crippen molar-refractivity contribution in [2.24, 2.45) is 16.6 Å². The highest BCUT2D eigenvalue weighted by Crippen LogP contribution is 2.66. The van der Waals surface area contributed by atoms with Gasteiger partial charge in [0.1, 0.15) is 22.1 Å². The van der Waals surface area contributed by atoms with Crippen LogP contribution in [0.3, 0.4) is 0 Å². The van der Waals surface area contributed by atoms with Crippen molar-refractivity contribution in [1.29, 1.82) is 0 Å². The molecule has 4 aliphatic rings. The van der Waals surface area contributed by atoms with E-state index in [9.17, 15) is 4.79 Å². The van der Waals surface area contributed by atoms with Crippen LogP contribution in [0.15, 0.2) is 35.6 Å². The number of hydrogen-bond acceptors (Lipinski definition) is 8. The van der Waals surface area contributed by atoms with E-state index < -0.39 is 21.9 Å². The molecular formula is C26H28F2N6O2S. The zero-order valence-electron chi connectivity index (χ0n) is 20.5. The van der Waals surface area contributed by atoms with Crippen LogP contribution in [0.4, 0.5) is 14.6 Å². The Balaban J connectivity index is 1.28. The topological polar surface area (TPSA) is 96.9 Å². The van der Waals surface area contributed by atoms with Gasteiger partial charge in [0.2, 0.25) is 5.91 Å². The summed E-state index contributed by atoms with van der Waals surface area (Å²) in [6.07, 6.45) is 5.94. The number of fused-ring (bicyclic) bond motifs is 1. The van der Waals surface area contributed by atoms with Crippen molar-refractivity contribution in [3.05, 3.63) is 53.2 Å². The van der Waals surface area contributed by atoms with Gasteiger partial charge in [-0.15, -0.1) is 0 Å². The lowest BCUT2D eigenvalue weighted by molar-refractivity contribution is -0.135. The lowest BCUT2D eigenvalue weighted by atomic mass is 9.84. The predicted molar refractivity (Wildman–Crippen MR) is 139 cm³/mol. The summed E-state index contributed by atoms with van der Waals surface area (Å²) in [4.78, 5) is 30.5. The molecule has 1 aromatic heterocycles. The number of halogens is 2. The van der Waals surface area contributed by atoms with E-state index in [2.05, 4.69) is 19.9 Å². The van der Waals surface area contributed by atoms with Gasteiger partial charge in [-0.2, -0.15) is 0 Å². The number of amides is 1. The molecule has 3 aliphatic heterocycles. The average molecular weight is 527 g/mol. The quantitative estimate of drug-likeness (QED) is 0.639. The Kier molecular flexibility index (Phi) is 5.95. The number of carbonyl (C=O) groups is 1. The van der Waals surface area contributed by atoms with Crippen molar-refractivity contribution < 1.29 is 18.3 Å². The molecule has 0 unspecified atom stereocenters. The minimum atomic E-state index is -1.06. The van der Waals surface area contributed by atoms with E-state index in [1.54, 1.807) is 24.1 Å². The maximum Gasteiger partial charge on any atom is 0.239 e. The lowest BCUT2D eigenvalue weighted by Crippen LogP contribution is -2.49. The summed E-state index contributed by atoms with van der Waals surface area (Å²) >= 11 is 1.27. The number of morpholine rings is 1. The number of aromatic nitrogens is 2. The second kappa shape index (κ2) is 9.05. The Bertz CT molecular complexity index is 1290. The maximum absolute atomic E-state index is 15.2. The Morgan fingerprint density at radius 3 is 2.68 bits per heavy atom. The van der Waals surface area contributed by atoms with Gasteiger partial charge in [0.15, 0.2) is 11.0 Å². The van der Waals surface area contributed by atoms with Crippen LogP contribution in [0.5, 0.6) is 0 Å². The van der Waals surface area contributed by atoms with Gasteiger partial charge in [-0.25, -0.2) is 18.7 Å². The summed E-state index contributed by atoms with van der Waals surface area (Å²) in [5.74, 6) is -0.550. The fourth-order valence-corrected chi connectivity index (χ4v) is 6.93. The molecule has 0 radical (unpaired) electrons. The Labute approximate surface area is 218 Å². The number of nitrogens with zero attached hydrogens (tertiary/aromatic N) is 5. The van der Waals surface area contributed by atoms with Gasteiger partial charge in [-0.1, -0.05) is 17.8 Å². The van der Waals surface area contributed by atoms with E-state index in [0.29, 0.717) is 38.3 Å². The third kappa shape index (κ3) is 4.17. The van der Waals surface area contributed by atoms with Crippen molar-refractivity contribution in [3.63, 3.8) is 0 Å². The van der Waals surface area contributed by atoms with Crippen LogP contribution in [0, 0.1) is 11.7 Å². The molecule has 37 heavy (non-hydrogen) atoms. The molecule has 11 heteroatoms. The van der Waals surface area contributed by atoms with Gasteiger partial charge in [0.05, 0.1) is 31.1 Å². The molecular weight excluding hydrogens is 498 g/mol. The molecule has 4 heterocycles. The average Bonchev–Trinajstić information content (AvgIpc) is 3.61. The molecule has 6 rings (SSSR count). The van der Waals surface area contributed by atoms with Crippen LogP contribution >= 0.6 is 11.8 Å². The number of nitrogens with two attached hydrogens (primary N) is 1. The number of ether oxygens (including phenoxy) is 1. The van der Waals surface area contributed by atoms with Gasteiger partial charge in [-0.3, -0.25) is 9.79 Å². The van der Waals surface area contributed by atoms with Gasteiger partial charge in [0, 0.05) is 37.7 Å². The van der Waals surface area contributed by atoms with E-state index in [1.165, 1.54) is 36.2 Å². The zero-order chi connectivity index (χ0) is 25.8. The van der Waals surface area contributed by atoms with Gasteiger partial charge in [0.25, 0.3) is 0 Å². The minimum absolute atomic E-state index is 0.00220. The van der Waals surface area contributed by atoms with Crippen molar-refractivity contribution in [2.45, 2.75) is 30.1 Å². The first-order valence-corrected chi connectivity index (χ1v) is 13.3. The number of thioether (sulfide) groups is 1. The Morgan fingerprint density at radius 2 is 2.00 bits per heavy atom. The standard InChI is InChI=1S/C26H28F2N6O2S/c1-25(21-13-26(21,37-24(29)32-25)23(35)34-7-9-36-10-8-34)17-11-16(3-4-18(17)27)12-19(28)20-14-31-22(15-30-20)33-5-2-6-33/h3-4,11-12,14-15,21H,2,5-10,13H2,1H3,(H2,29,32)/t21-,25+,26-/m0/s1. The van der Waals surface area contributed by atoms with Gasteiger partial charge >= 0.3 is 0 Å². The lowest BCUT2D eigenvalue weighted by Gasteiger charge is -2.36. The molecule has 2 saturated heterocycles. The summed E-state index contributed by atoms with van der Waals surface area (Å²) < 4.78 is 34.9. The largest absolute Gasteiger partial charge is 0.378 e. The molecule has 1 amide bonds. The smallest absolute Gasteiger partial charge is 0.239 e. The molecule has 0 bridgehead atoms. The number of benzene rings is 1. The van der Waals surface area contributed by atoms with Crippen LogP contribution in [-0.2, 0) is 15.1 Å². The summed E-state index contributed by atoms with van der Waals surface area (Å²) in [6, 6.07) is 4.40. The van der Waals surface area contributed by atoms with E-state index in [4.69, 9.17) is 10.5 Å². The molecule has 1 aliphatic carbocycles. The molecule has 3 fully saturated rings. The fourth-order valence-electron chi connectivity index (χ4n) is 5.48. The van der Waals surface area contributed by atoms with E-state index >= 15 is 8.78 Å². The Morgan fingerprint density at radius 1 is 1.22 bits per heavy atom. The summed E-state index contributed by atoms with van der Waals surface area (Å²) in [5.41, 5.74) is 6.02. The summed E-state index contributed by atoms with van der Waals surface area (Å²) in [5, 5.41) is 0.252. The summed E-state index contributed by atoms with van der Waals surface area (Å²) in [7, 11) is 0. The number of carbonyl (C=O) groups excluding carboxylic acids is 1. The number of hydrogen-bond donors (Lipinski definition) is 1. The molecule has 0 spiro atoms. The third-order valence-electron chi connectivity index (χ3n) is 7.77. The first-order valence-electron chi connectivity index (χ1n) is 12.5. The first-order chi connectivity index (χ1) is 17.8. The fraction of sp³-hybridized carbons (Fsp3) is 0.462. The highest BCUT2D eigenvalue weighted by Gasteiger charge is 2.71. The van der Waals surface area contributed by atoms with E-state index in [-0.39, 0.29) is 28.3 Å². The van der Waals surface area contributed by atoms with Crippen LogP contribution in [0.1, 0.15) is 36.6 Å². The van der Waals surface area contributed by atoms with Crippen molar-refractivity contribution >= 4 is 40.6 Å². The number of rotatable bonds is 5. The minimum Gasteiger partial charge on any atom is -0.378 e. The molecule has 2 aromatic rings. The molecule has 1 aromatic carbocycles. The van der Waals surface area contributed by atoms with Crippen LogP contribution < -0.4 is 10.6 Å². The van der Waals surface area contributed by atoms with Crippen LogP contribution in [0.25, 0.3) is 11.9 Å². The second-order valence-electron chi connectivity index (χ2n) is 10.1. The molecule has 2 N–H and O–H groups in total. The van der Waals surface area contributed by atoms with E-state index in [0.717, 1.165) is 25.3 Å². The van der Waals surface area contributed by atoms with Crippen LogP contribution in [-0.4, -0.2) is 70.1 Å². The predicted octanol–water partition coefficient (Wildman–Crippen LogP) is 3.19. The van der Waals surface area contributed by atoms with Gasteiger partial charge < -0.3 is 20.3 Å². The Hall–Kier alpha value is -3.05. The highest BCUT2D eigenvalue weighted by molar-refractivity contribution is 8.15. The normalized spacial score (nSPS) is 29.3. The molecule has 8 nitrogen and oxygen atoms in total. The molecule has 194 valence electrons. The molecule has 1 saturated carbocycles. The molecule has 3 atom stereocenters. The zero-order valence-corrected chi connectivity index (χ0v) is 21.3. The first kappa shape index (κ1) is 24.3. The number of amidine groups is 1. The highest BCUT2D eigenvalue weighted by atomic mass is 32.2. The summed E-state index contributed by atoms with van der Waals surface area (Å²) in [6.45, 7) is 5.70.